The van der Waals surface area contributed by atoms with Crippen molar-refractivity contribution >= 4 is 46.5 Å². The molecule has 0 aliphatic heterocycles. The molecule has 0 fully saturated rings. The summed E-state index contributed by atoms with van der Waals surface area (Å²) in [6, 6.07) is 6.95. The zero-order chi connectivity index (χ0) is 15.7. The number of amides is 1. The second-order valence-electron chi connectivity index (χ2n) is 4.23. The molecule has 0 bridgehead atoms. The number of hydrogen-bond acceptors (Lipinski definition) is 4. The van der Waals surface area contributed by atoms with Crippen LogP contribution in [-0.4, -0.2) is 23.6 Å². The topological polar surface area (TPSA) is 67.4 Å². The van der Waals surface area contributed by atoms with Crippen LogP contribution in [0, 0.1) is 0 Å². The second-order valence-corrected chi connectivity index (χ2v) is 5.08. The van der Waals surface area contributed by atoms with Crippen LogP contribution in [0.15, 0.2) is 24.3 Å². The first-order valence-corrected chi connectivity index (χ1v) is 7.32. The molecule has 0 saturated heterocycles. The molecule has 0 radical (unpaired) electrons. The van der Waals surface area contributed by atoms with Crippen LogP contribution in [0.25, 0.3) is 0 Å². The third kappa shape index (κ3) is 7.63. The van der Waals surface area contributed by atoms with Gasteiger partial charge in [0.15, 0.2) is 5.11 Å². The molecule has 0 saturated carbocycles. The normalized spacial score (nSPS) is 9.81. The van der Waals surface area contributed by atoms with Crippen molar-refractivity contribution in [1.29, 1.82) is 0 Å². The van der Waals surface area contributed by atoms with Gasteiger partial charge in [0.1, 0.15) is 0 Å². The summed E-state index contributed by atoms with van der Waals surface area (Å²) in [4.78, 5) is 22.9. The molecule has 0 heterocycles. The lowest BCUT2D eigenvalue weighted by Crippen LogP contribution is -2.34. The highest BCUT2D eigenvalue weighted by molar-refractivity contribution is 7.80. The van der Waals surface area contributed by atoms with Gasteiger partial charge in [-0.05, 0) is 36.8 Å². The molecule has 0 atom stereocenters. The molecular weight excluding hydrogens is 312 g/mol. The number of rotatable bonds is 6. The molecule has 1 amide bonds. The van der Waals surface area contributed by atoms with Crippen molar-refractivity contribution in [3.63, 3.8) is 0 Å². The Balaban J connectivity index is 2.31. The van der Waals surface area contributed by atoms with Crippen molar-refractivity contribution < 1.29 is 14.3 Å². The van der Waals surface area contributed by atoms with E-state index in [4.69, 9.17) is 28.6 Å². The molecule has 21 heavy (non-hydrogen) atoms. The van der Waals surface area contributed by atoms with Crippen LogP contribution < -0.4 is 10.6 Å². The second kappa shape index (κ2) is 9.31. The fraction of sp³-hybridized carbons (Fsp3) is 0.357. The summed E-state index contributed by atoms with van der Waals surface area (Å²) in [6.45, 7) is 2.27. The van der Waals surface area contributed by atoms with Crippen molar-refractivity contribution in [3.8, 4) is 0 Å². The van der Waals surface area contributed by atoms with Gasteiger partial charge < -0.3 is 15.4 Å². The molecule has 1 rings (SSSR count). The van der Waals surface area contributed by atoms with E-state index in [1.54, 1.807) is 24.3 Å². The maximum Gasteiger partial charge on any atom is 0.306 e. The minimum atomic E-state index is -0.388. The van der Waals surface area contributed by atoms with E-state index in [-0.39, 0.29) is 29.8 Å². The van der Waals surface area contributed by atoms with Gasteiger partial charge in [0.25, 0.3) is 0 Å². The van der Waals surface area contributed by atoms with Crippen molar-refractivity contribution in [3.05, 3.63) is 29.3 Å². The Morgan fingerprint density at radius 1 is 1.33 bits per heavy atom. The number of carbonyl (C=O) groups is 2. The Labute approximate surface area is 134 Å². The van der Waals surface area contributed by atoms with Crippen LogP contribution in [-0.2, 0) is 14.3 Å². The summed E-state index contributed by atoms with van der Waals surface area (Å²) in [6.07, 6.45) is 0.817. The predicted molar refractivity (Wildman–Crippen MR) is 86.3 cm³/mol. The molecule has 0 aliphatic rings. The van der Waals surface area contributed by atoms with Crippen LogP contribution in [0.1, 0.15) is 26.2 Å². The van der Waals surface area contributed by atoms with Crippen LogP contribution >= 0.6 is 23.8 Å². The van der Waals surface area contributed by atoms with Gasteiger partial charge in [-0.15, -0.1) is 0 Å². The zero-order valence-corrected chi connectivity index (χ0v) is 13.2. The summed E-state index contributed by atoms with van der Waals surface area (Å²) >= 11 is 10.8. The first kappa shape index (κ1) is 17.4. The number of halogens is 1. The quantitative estimate of drug-likeness (QED) is 0.621. The number of anilines is 1. The molecule has 0 aliphatic carbocycles. The summed E-state index contributed by atoms with van der Waals surface area (Å²) in [7, 11) is 0. The Morgan fingerprint density at radius 2 is 2.10 bits per heavy atom. The Bertz CT molecular complexity index is 523. The highest BCUT2D eigenvalue weighted by Gasteiger charge is 2.09. The Kier molecular flexibility index (Phi) is 7.71. The number of carbonyl (C=O) groups excluding carboxylic acids is 2. The molecule has 1 aromatic carbocycles. The van der Waals surface area contributed by atoms with E-state index >= 15 is 0 Å². The fourth-order valence-electron chi connectivity index (χ4n) is 1.42. The van der Waals surface area contributed by atoms with Crippen molar-refractivity contribution in [1.82, 2.24) is 5.32 Å². The highest BCUT2D eigenvalue weighted by atomic mass is 35.5. The maximum absolute atomic E-state index is 11.6. The maximum atomic E-state index is 11.6. The molecule has 0 aromatic heterocycles. The van der Waals surface area contributed by atoms with Crippen LogP contribution in [0.2, 0.25) is 5.02 Å². The third-order valence-corrected chi connectivity index (χ3v) is 2.80. The molecule has 7 heteroatoms. The van der Waals surface area contributed by atoms with E-state index in [2.05, 4.69) is 10.6 Å². The summed E-state index contributed by atoms with van der Waals surface area (Å²) < 4.78 is 4.87. The molecule has 5 nitrogen and oxygen atoms in total. The molecule has 114 valence electrons. The standard InChI is InChI=1S/C14H17ClN2O3S/c1-2-8-20-13(19)7-6-12(18)17-14(21)16-11-5-3-4-10(15)9-11/h3-5,9H,2,6-8H2,1H3,(H2,16,17,18,21). The number of benzene rings is 1. The summed E-state index contributed by atoms with van der Waals surface area (Å²) in [5.74, 6) is -0.733. The van der Waals surface area contributed by atoms with Gasteiger partial charge in [-0.25, -0.2) is 0 Å². The van der Waals surface area contributed by atoms with E-state index in [1.165, 1.54) is 0 Å². The molecule has 2 N–H and O–H groups in total. The Hall–Kier alpha value is -1.66. The van der Waals surface area contributed by atoms with Gasteiger partial charge in [0.2, 0.25) is 5.91 Å². The van der Waals surface area contributed by atoms with Gasteiger partial charge in [-0.3, -0.25) is 9.59 Å². The van der Waals surface area contributed by atoms with E-state index in [0.717, 1.165) is 6.42 Å². The van der Waals surface area contributed by atoms with Crippen LogP contribution in [0.3, 0.4) is 0 Å². The number of thiocarbonyl (C=S) groups is 1. The van der Waals surface area contributed by atoms with Gasteiger partial charge in [-0.1, -0.05) is 24.6 Å². The van der Waals surface area contributed by atoms with E-state index in [1.807, 2.05) is 6.92 Å². The lowest BCUT2D eigenvalue weighted by molar-refractivity contribution is -0.144. The SMILES string of the molecule is CCCOC(=O)CCC(=O)NC(=S)Nc1cccc(Cl)c1. The summed E-state index contributed by atoms with van der Waals surface area (Å²) in [5, 5.41) is 6.04. The van der Waals surface area contributed by atoms with Crippen molar-refractivity contribution in [2.45, 2.75) is 26.2 Å². The van der Waals surface area contributed by atoms with Gasteiger partial charge in [0, 0.05) is 17.1 Å². The smallest absolute Gasteiger partial charge is 0.306 e. The van der Waals surface area contributed by atoms with Crippen LogP contribution in [0.5, 0.6) is 0 Å². The van der Waals surface area contributed by atoms with E-state index in [9.17, 15) is 9.59 Å². The number of hydrogen-bond donors (Lipinski definition) is 2. The predicted octanol–water partition coefficient (Wildman–Crippen LogP) is 2.89. The van der Waals surface area contributed by atoms with E-state index < -0.39 is 0 Å². The summed E-state index contributed by atoms with van der Waals surface area (Å²) in [5.41, 5.74) is 0.676. The first-order chi connectivity index (χ1) is 10.0. The average Bonchev–Trinajstić information content (AvgIpc) is 2.42. The van der Waals surface area contributed by atoms with Gasteiger partial charge in [-0.2, -0.15) is 0 Å². The first-order valence-electron chi connectivity index (χ1n) is 6.53. The monoisotopic (exact) mass is 328 g/mol. The highest BCUT2D eigenvalue weighted by Crippen LogP contribution is 2.14. The molecule has 1 aromatic rings. The zero-order valence-electron chi connectivity index (χ0n) is 11.6. The fourth-order valence-corrected chi connectivity index (χ4v) is 1.84. The average molecular weight is 329 g/mol. The van der Waals surface area contributed by atoms with Gasteiger partial charge >= 0.3 is 5.97 Å². The Morgan fingerprint density at radius 3 is 2.76 bits per heavy atom. The van der Waals surface area contributed by atoms with Crippen LogP contribution in [0.4, 0.5) is 5.69 Å². The van der Waals surface area contributed by atoms with Crippen molar-refractivity contribution in [2.75, 3.05) is 11.9 Å². The van der Waals surface area contributed by atoms with Crippen molar-refractivity contribution in [2.24, 2.45) is 0 Å². The number of ether oxygens (including phenoxy) is 1. The lowest BCUT2D eigenvalue weighted by atomic mass is 10.3. The number of esters is 1. The minimum absolute atomic E-state index is 0.0277. The minimum Gasteiger partial charge on any atom is -0.466 e. The lowest BCUT2D eigenvalue weighted by Gasteiger charge is -2.09. The molecule has 0 spiro atoms. The largest absolute Gasteiger partial charge is 0.466 e. The van der Waals surface area contributed by atoms with E-state index in [0.29, 0.717) is 17.3 Å². The van der Waals surface area contributed by atoms with Gasteiger partial charge in [0.05, 0.1) is 13.0 Å². The number of nitrogens with one attached hydrogen (secondary N) is 2. The third-order valence-electron chi connectivity index (χ3n) is 2.36. The molecular formula is C14H17ClN2O3S. The molecule has 0 unspecified atom stereocenters.